The van der Waals surface area contributed by atoms with E-state index in [2.05, 4.69) is 0 Å². The summed E-state index contributed by atoms with van der Waals surface area (Å²) in [6, 6.07) is 3.75. The lowest BCUT2D eigenvalue weighted by atomic mass is 10.1. The van der Waals surface area contributed by atoms with E-state index in [1.807, 2.05) is 6.92 Å². The van der Waals surface area contributed by atoms with Crippen molar-refractivity contribution in [3.05, 3.63) is 33.9 Å². The maximum Gasteiger partial charge on any atom is 0.273 e. The van der Waals surface area contributed by atoms with Crippen LogP contribution in [-0.4, -0.2) is 36.8 Å². The van der Waals surface area contributed by atoms with E-state index in [1.165, 1.54) is 16.4 Å². The van der Waals surface area contributed by atoms with Crippen LogP contribution in [0.4, 0.5) is 5.69 Å². The number of halogens is 1. The summed E-state index contributed by atoms with van der Waals surface area (Å²) >= 11 is 0. The van der Waals surface area contributed by atoms with Crippen molar-refractivity contribution in [3.8, 4) is 0 Å². The fraction of sp³-hybridized carbons (Fsp3) is 0.500. The summed E-state index contributed by atoms with van der Waals surface area (Å²) in [7, 11) is -3.73. The van der Waals surface area contributed by atoms with E-state index in [9.17, 15) is 18.5 Å². The summed E-state index contributed by atoms with van der Waals surface area (Å²) in [6.07, 6.45) is 0. The molecule has 0 aliphatic carbocycles. The van der Waals surface area contributed by atoms with Crippen LogP contribution < -0.4 is 5.73 Å². The van der Waals surface area contributed by atoms with E-state index in [1.54, 1.807) is 6.92 Å². The molecule has 0 saturated carbocycles. The number of hydrogen-bond acceptors (Lipinski definition) is 5. The molecule has 0 bridgehead atoms. The highest BCUT2D eigenvalue weighted by atomic mass is 35.5. The van der Waals surface area contributed by atoms with Crippen molar-refractivity contribution in [1.82, 2.24) is 4.31 Å². The molecule has 1 saturated heterocycles. The predicted molar refractivity (Wildman–Crippen MR) is 81.0 cm³/mol. The van der Waals surface area contributed by atoms with Crippen LogP contribution in [0.1, 0.15) is 12.5 Å². The summed E-state index contributed by atoms with van der Waals surface area (Å²) in [5.41, 5.74) is 6.07. The van der Waals surface area contributed by atoms with Gasteiger partial charge in [0.1, 0.15) is 0 Å². The standard InChI is InChI=1S/C12H17N3O4S.ClH/c1-8-3-4-10(5-12(8)15(16)17)20(18,19)14-6-9(2)11(13)7-14;/h3-5,9,11H,6-7,13H2,1-2H3;1H. The number of nitrogens with zero attached hydrogens (tertiary/aromatic N) is 2. The second-order valence-corrected chi connectivity index (χ2v) is 7.11. The van der Waals surface area contributed by atoms with Gasteiger partial charge in [0.25, 0.3) is 5.69 Å². The number of benzene rings is 1. The van der Waals surface area contributed by atoms with Gasteiger partial charge in [0.15, 0.2) is 0 Å². The zero-order chi connectivity index (χ0) is 15.1. The van der Waals surface area contributed by atoms with Crippen LogP contribution in [0.5, 0.6) is 0 Å². The summed E-state index contributed by atoms with van der Waals surface area (Å²) in [6.45, 7) is 4.04. The Morgan fingerprint density at radius 3 is 2.48 bits per heavy atom. The van der Waals surface area contributed by atoms with Crippen LogP contribution in [0.2, 0.25) is 0 Å². The Bertz CT molecular complexity index is 640. The smallest absolute Gasteiger partial charge is 0.273 e. The Morgan fingerprint density at radius 2 is 2.00 bits per heavy atom. The van der Waals surface area contributed by atoms with Crippen molar-refractivity contribution < 1.29 is 13.3 Å². The molecule has 2 rings (SSSR count). The lowest BCUT2D eigenvalue weighted by Crippen LogP contribution is -2.32. The molecule has 0 amide bonds. The molecular formula is C12H18ClN3O4S. The molecule has 1 fully saturated rings. The Balaban J connectivity index is 0.00000220. The van der Waals surface area contributed by atoms with Gasteiger partial charge in [-0.3, -0.25) is 10.1 Å². The second kappa shape index (κ2) is 6.27. The van der Waals surface area contributed by atoms with Gasteiger partial charge in [-0.05, 0) is 18.9 Å². The summed E-state index contributed by atoms with van der Waals surface area (Å²) in [5, 5.41) is 10.9. The third-order valence-electron chi connectivity index (χ3n) is 3.65. The van der Waals surface area contributed by atoms with Gasteiger partial charge in [-0.1, -0.05) is 13.0 Å². The molecule has 2 atom stereocenters. The highest BCUT2D eigenvalue weighted by Crippen LogP contribution is 2.27. The molecule has 0 radical (unpaired) electrons. The molecule has 1 aliphatic rings. The van der Waals surface area contributed by atoms with Crippen LogP contribution >= 0.6 is 12.4 Å². The first-order valence-electron chi connectivity index (χ1n) is 6.24. The average Bonchev–Trinajstić information content (AvgIpc) is 2.70. The minimum absolute atomic E-state index is 0. The average molecular weight is 336 g/mol. The van der Waals surface area contributed by atoms with Gasteiger partial charge >= 0.3 is 0 Å². The van der Waals surface area contributed by atoms with Gasteiger partial charge in [0.05, 0.1) is 9.82 Å². The fourth-order valence-electron chi connectivity index (χ4n) is 2.24. The van der Waals surface area contributed by atoms with Gasteiger partial charge in [0.2, 0.25) is 10.0 Å². The number of hydrogen-bond donors (Lipinski definition) is 1. The predicted octanol–water partition coefficient (Wildman–Crippen LogP) is 1.29. The van der Waals surface area contributed by atoms with E-state index < -0.39 is 14.9 Å². The molecule has 2 unspecified atom stereocenters. The zero-order valence-electron chi connectivity index (χ0n) is 11.7. The Morgan fingerprint density at radius 1 is 1.38 bits per heavy atom. The minimum atomic E-state index is -3.73. The Kier molecular flexibility index (Phi) is 5.32. The molecule has 21 heavy (non-hydrogen) atoms. The van der Waals surface area contributed by atoms with Gasteiger partial charge in [0, 0.05) is 30.8 Å². The molecule has 9 heteroatoms. The van der Waals surface area contributed by atoms with E-state index in [-0.39, 0.29) is 41.5 Å². The first-order chi connectivity index (χ1) is 9.23. The molecule has 0 aromatic heterocycles. The number of nitro groups is 1. The quantitative estimate of drug-likeness (QED) is 0.661. The van der Waals surface area contributed by atoms with Gasteiger partial charge in [-0.2, -0.15) is 4.31 Å². The first-order valence-corrected chi connectivity index (χ1v) is 7.68. The normalized spacial score (nSPS) is 22.8. The number of sulfonamides is 1. The number of aryl methyl sites for hydroxylation is 1. The number of rotatable bonds is 3. The molecule has 1 aliphatic heterocycles. The Labute approximate surface area is 129 Å². The van der Waals surface area contributed by atoms with Crippen LogP contribution in [0.15, 0.2) is 23.1 Å². The van der Waals surface area contributed by atoms with Crippen molar-refractivity contribution in [3.63, 3.8) is 0 Å². The number of nitro benzene ring substituents is 1. The minimum Gasteiger partial charge on any atom is -0.326 e. The highest BCUT2D eigenvalue weighted by Gasteiger charge is 2.36. The molecule has 7 nitrogen and oxygen atoms in total. The van der Waals surface area contributed by atoms with Gasteiger partial charge in [-0.25, -0.2) is 8.42 Å². The van der Waals surface area contributed by atoms with Crippen molar-refractivity contribution in [1.29, 1.82) is 0 Å². The van der Waals surface area contributed by atoms with Gasteiger partial charge < -0.3 is 5.73 Å². The third kappa shape index (κ3) is 3.34. The van der Waals surface area contributed by atoms with Crippen molar-refractivity contribution in [2.24, 2.45) is 11.7 Å². The SMILES string of the molecule is Cc1ccc(S(=O)(=O)N2CC(C)C(N)C2)cc1[N+](=O)[O-].Cl. The maximum absolute atomic E-state index is 12.5. The maximum atomic E-state index is 12.5. The first kappa shape index (κ1) is 17.8. The zero-order valence-corrected chi connectivity index (χ0v) is 13.4. The lowest BCUT2D eigenvalue weighted by molar-refractivity contribution is -0.385. The van der Waals surface area contributed by atoms with Gasteiger partial charge in [-0.15, -0.1) is 12.4 Å². The van der Waals surface area contributed by atoms with E-state index in [4.69, 9.17) is 5.73 Å². The monoisotopic (exact) mass is 335 g/mol. The highest BCUT2D eigenvalue weighted by molar-refractivity contribution is 7.89. The number of nitrogens with two attached hydrogens (primary N) is 1. The van der Waals surface area contributed by atoms with E-state index >= 15 is 0 Å². The summed E-state index contributed by atoms with van der Waals surface area (Å²) in [4.78, 5) is 10.3. The van der Waals surface area contributed by atoms with Crippen LogP contribution in [-0.2, 0) is 10.0 Å². The molecule has 118 valence electrons. The third-order valence-corrected chi connectivity index (χ3v) is 5.48. The van der Waals surface area contributed by atoms with Crippen LogP contribution in [0.25, 0.3) is 0 Å². The molecule has 1 aromatic rings. The second-order valence-electron chi connectivity index (χ2n) is 5.17. The van der Waals surface area contributed by atoms with Crippen molar-refractivity contribution in [2.75, 3.05) is 13.1 Å². The summed E-state index contributed by atoms with van der Waals surface area (Å²) < 4.78 is 26.2. The molecule has 1 heterocycles. The van der Waals surface area contributed by atoms with Crippen LogP contribution in [0.3, 0.4) is 0 Å². The molecule has 2 N–H and O–H groups in total. The lowest BCUT2D eigenvalue weighted by Gasteiger charge is -2.16. The largest absolute Gasteiger partial charge is 0.326 e. The molecule has 1 aromatic carbocycles. The fourth-order valence-corrected chi connectivity index (χ4v) is 3.84. The van der Waals surface area contributed by atoms with Crippen molar-refractivity contribution >= 4 is 28.1 Å². The van der Waals surface area contributed by atoms with E-state index in [0.717, 1.165) is 6.07 Å². The molecule has 0 spiro atoms. The van der Waals surface area contributed by atoms with Crippen molar-refractivity contribution in [2.45, 2.75) is 24.8 Å². The van der Waals surface area contributed by atoms with Crippen LogP contribution in [0, 0.1) is 23.0 Å². The summed E-state index contributed by atoms with van der Waals surface area (Å²) in [5.74, 6) is 0.0743. The molecular weight excluding hydrogens is 318 g/mol. The topological polar surface area (TPSA) is 107 Å². The Hall–Kier alpha value is -1.22. The van der Waals surface area contributed by atoms with E-state index in [0.29, 0.717) is 12.1 Å².